The number of carbonyl (C=O) groups is 1. The van der Waals surface area contributed by atoms with Crippen molar-refractivity contribution < 1.29 is 9.53 Å². The van der Waals surface area contributed by atoms with E-state index in [-0.39, 0.29) is 18.6 Å². The molecule has 2 rings (SSSR count). The van der Waals surface area contributed by atoms with Gasteiger partial charge in [-0.3, -0.25) is 4.79 Å². The van der Waals surface area contributed by atoms with E-state index in [4.69, 9.17) is 10.5 Å². The first-order chi connectivity index (χ1) is 9.76. The van der Waals surface area contributed by atoms with Gasteiger partial charge in [-0.05, 0) is 25.0 Å². The van der Waals surface area contributed by atoms with Gasteiger partial charge in [0.25, 0.3) is 5.91 Å². The Morgan fingerprint density at radius 2 is 2.30 bits per heavy atom. The summed E-state index contributed by atoms with van der Waals surface area (Å²) >= 11 is 0. The van der Waals surface area contributed by atoms with Crippen molar-refractivity contribution >= 4 is 5.91 Å². The van der Waals surface area contributed by atoms with Crippen molar-refractivity contribution in [3.8, 4) is 11.8 Å². The first kappa shape index (κ1) is 14.5. The van der Waals surface area contributed by atoms with Gasteiger partial charge in [0.1, 0.15) is 5.69 Å². The van der Waals surface area contributed by atoms with Gasteiger partial charge >= 0.3 is 0 Å². The van der Waals surface area contributed by atoms with Crippen molar-refractivity contribution in [2.24, 2.45) is 5.73 Å². The smallest absolute Gasteiger partial charge is 0.273 e. The van der Waals surface area contributed by atoms with E-state index in [1.165, 1.54) is 0 Å². The maximum atomic E-state index is 12.5. The monoisotopic (exact) mass is 273 g/mol. The van der Waals surface area contributed by atoms with Crippen LogP contribution in [0.2, 0.25) is 0 Å². The van der Waals surface area contributed by atoms with Crippen molar-refractivity contribution in [2.45, 2.75) is 18.9 Å². The molecule has 1 aliphatic rings. The lowest BCUT2D eigenvalue weighted by molar-refractivity contribution is 0.0347. The molecule has 0 saturated carbocycles. The molecular weight excluding hydrogens is 254 g/mol. The third kappa shape index (κ3) is 3.35. The van der Waals surface area contributed by atoms with Crippen LogP contribution >= 0.6 is 0 Å². The summed E-state index contributed by atoms with van der Waals surface area (Å²) < 4.78 is 5.31. The Morgan fingerprint density at radius 3 is 2.95 bits per heavy atom. The Morgan fingerprint density at radius 1 is 1.55 bits per heavy atom. The molecule has 0 aliphatic carbocycles. The molecule has 0 bridgehead atoms. The van der Waals surface area contributed by atoms with Crippen molar-refractivity contribution in [1.29, 1.82) is 0 Å². The summed E-state index contributed by atoms with van der Waals surface area (Å²) in [5.41, 5.74) is 6.42. The van der Waals surface area contributed by atoms with E-state index in [1.807, 2.05) is 4.90 Å². The highest BCUT2D eigenvalue weighted by Gasteiger charge is 2.25. The first-order valence-corrected chi connectivity index (χ1v) is 6.72. The van der Waals surface area contributed by atoms with E-state index in [9.17, 15) is 4.79 Å². The topological polar surface area (TPSA) is 68.5 Å². The van der Waals surface area contributed by atoms with Gasteiger partial charge in [0, 0.05) is 26.4 Å². The second-order valence-corrected chi connectivity index (χ2v) is 4.63. The third-order valence-electron chi connectivity index (χ3n) is 3.40. The highest BCUT2D eigenvalue weighted by Crippen LogP contribution is 2.16. The minimum absolute atomic E-state index is 0.0681. The van der Waals surface area contributed by atoms with Crippen LogP contribution in [0.4, 0.5) is 0 Å². The number of nitrogens with zero attached hydrogens (tertiary/aromatic N) is 2. The molecule has 1 amide bonds. The molecule has 1 aromatic heterocycles. The van der Waals surface area contributed by atoms with Crippen LogP contribution < -0.4 is 5.73 Å². The molecule has 0 atom stereocenters. The summed E-state index contributed by atoms with van der Waals surface area (Å²) in [5.74, 6) is 5.60. The molecule has 1 aliphatic heterocycles. The van der Waals surface area contributed by atoms with Gasteiger partial charge in [-0.1, -0.05) is 11.8 Å². The maximum Gasteiger partial charge on any atom is 0.273 e. The lowest BCUT2D eigenvalue weighted by Crippen LogP contribution is -2.41. The number of carbonyl (C=O) groups excluding carboxylic acids is 1. The largest absolute Gasteiger partial charge is 0.381 e. The fourth-order valence-electron chi connectivity index (χ4n) is 2.27. The number of amides is 1. The SMILES string of the molecule is COC1CCN(C(=O)c2ncccc2C#CCN)CC1. The van der Waals surface area contributed by atoms with E-state index in [1.54, 1.807) is 25.4 Å². The predicted octanol–water partition coefficient (Wildman–Crippen LogP) is 0.643. The van der Waals surface area contributed by atoms with Crippen LogP contribution in [0.15, 0.2) is 18.3 Å². The van der Waals surface area contributed by atoms with Crippen LogP contribution in [0.1, 0.15) is 28.9 Å². The number of hydrogen-bond acceptors (Lipinski definition) is 4. The lowest BCUT2D eigenvalue weighted by atomic mass is 10.1. The molecule has 0 aromatic carbocycles. The molecule has 0 spiro atoms. The molecule has 1 saturated heterocycles. The Balaban J connectivity index is 2.13. The molecule has 0 radical (unpaired) electrons. The highest BCUT2D eigenvalue weighted by atomic mass is 16.5. The Bertz CT molecular complexity index is 525. The number of hydrogen-bond donors (Lipinski definition) is 1. The summed E-state index contributed by atoms with van der Waals surface area (Å²) in [4.78, 5) is 18.5. The van der Waals surface area contributed by atoms with Crippen LogP contribution in [0, 0.1) is 11.8 Å². The van der Waals surface area contributed by atoms with Gasteiger partial charge in [-0.25, -0.2) is 4.98 Å². The third-order valence-corrected chi connectivity index (χ3v) is 3.40. The Hall–Kier alpha value is -1.90. The maximum absolute atomic E-state index is 12.5. The fourth-order valence-corrected chi connectivity index (χ4v) is 2.27. The van der Waals surface area contributed by atoms with Gasteiger partial charge in [-0.15, -0.1) is 0 Å². The average molecular weight is 273 g/mol. The van der Waals surface area contributed by atoms with Gasteiger partial charge in [0.2, 0.25) is 0 Å². The van der Waals surface area contributed by atoms with Crippen LogP contribution in [0.25, 0.3) is 0 Å². The fraction of sp³-hybridized carbons (Fsp3) is 0.467. The van der Waals surface area contributed by atoms with Crippen LogP contribution in [0.3, 0.4) is 0 Å². The number of methoxy groups -OCH3 is 1. The second-order valence-electron chi connectivity index (χ2n) is 4.63. The van der Waals surface area contributed by atoms with E-state index < -0.39 is 0 Å². The number of rotatable bonds is 2. The van der Waals surface area contributed by atoms with Crippen molar-refractivity contribution in [2.75, 3.05) is 26.7 Å². The van der Waals surface area contributed by atoms with Crippen molar-refractivity contribution in [3.63, 3.8) is 0 Å². The standard InChI is InChI=1S/C15H19N3O2/c1-20-13-6-10-18(11-7-13)15(19)14-12(4-2-8-16)5-3-9-17-14/h3,5,9,13H,6-8,10-11,16H2,1H3. The average Bonchev–Trinajstić information content (AvgIpc) is 2.52. The summed E-state index contributed by atoms with van der Waals surface area (Å²) in [6.07, 6.45) is 3.58. The van der Waals surface area contributed by atoms with E-state index in [2.05, 4.69) is 16.8 Å². The second kappa shape index (κ2) is 7.04. The highest BCUT2D eigenvalue weighted by molar-refractivity contribution is 5.94. The zero-order chi connectivity index (χ0) is 14.4. The van der Waals surface area contributed by atoms with Crippen molar-refractivity contribution in [3.05, 3.63) is 29.6 Å². The summed E-state index contributed by atoms with van der Waals surface area (Å²) in [7, 11) is 1.71. The number of nitrogens with two attached hydrogens (primary N) is 1. The summed E-state index contributed by atoms with van der Waals surface area (Å²) in [5, 5.41) is 0. The first-order valence-electron chi connectivity index (χ1n) is 6.72. The number of pyridine rings is 1. The number of likely N-dealkylation sites (tertiary alicyclic amines) is 1. The number of piperidine rings is 1. The minimum Gasteiger partial charge on any atom is -0.381 e. The molecule has 106 valence electrons. The van der Waals surface area contributed by atoms with Crippen LogP contribution in [-0.4, -0.2) is 48.6 Å². The quantitative estimate of drug-likeness (QED) is 0.803. The molecule has 0 unspecified atom stereocenters. The van der Waals surface area contributed by atoms with E-state index >= 15 is 0 Å². The zero-order valence-electron chi connectivity index (χ0n) is 11.6. The van der Waals surface area contributed by atoms with E-state index in [0.717, 1.165) is 12.8 Å². The Kier molecular flexibility index (Phi) is 5.10. The molecule has 5 nitrogen and oxygen atoms in total. The van der Waals surface area contributed by atoms with Gasteiger partial charge in [0.05, 0.1) is 18.2 Å². The zero-order valence-corrected chi connectivity index (χ0v) is 11.6. The van der Waals surface area contributed by atoms with Crippen LogP contribution in [0.5, 0.6) is 0 Å². The molecule has 1 aromatic rings. The summed E-state index contributed by atoms with van der Waals surface area (Å²) in [6, 6.07) is 3.57. The molecular formula is C15H19N3O2. The normalized spacial score (nSPS) is 15.6. The molecule has 2 N–H and O–H groups in total. The van der Waals surface area contributed by atoms with E-state index in [0.29, 0.717) is 24.3 Å². The minimum atomic E-state index is -0.0681. The van der Waals surface area contributed by atoms with Crippen LogP contribution in [-0.2, 0) is 4.74 Å². The molecule has 1 fully saturated rings. The summed E-state index contributed by atoms with van der Waals surface area (Å²) in [6.45, 7) is 1.65. The number of aromatic nitrogens is 1. The van der Waals surface area contributed by atoms with Gasteiger partial charge < -0.3 is 15.4 Å². The molecule has 20 heavy (non-hydrogen) atoms. The lowest BCUT2D eigenvalue weighted by Gasteiger charge is -2.31. The Labute approximate surface area is 119 Å². The van der Waals surface area contributed by atoms with Crippen molar-refractivity contribution in [1.82, 2.24) is 9.88 Å². The van der Waals surface area contributed by atoms with Gasteiger partial charge in [0.15, 0.2) is 0 Å². The number of ether oxygens (including phenoxy) is 1. The predicted molar refractivity (Wildman–Crippen MR) is 76.1 cm³/mol. The molecule has 5 heteroatoms. The molecule has 2 heterocycles. The van der Waals surface area contributed by atoms with Gasteiger partial charge in [-0.2, -0.15) is 0 Å².